The van der Waals surface area contributed by atoms with Gasteiger partial charge in [0.15, 0.2) is 0 Å². The number of rotatable bonds is 4. The fraction of sp³-hybridized carbons (Fsp3) is 0.917. The second kappa shape index (κ2) is 6.21. The molecule has 16 heavy (non-hydrogen) atoms. The molecule has 0 aromatic carbocycles. The second-order valence-electron chi connectivity index (χ2n) is 4.93. The van der Waals surface area contributed by atoms with Crippen LogP contribution < -0.4 is 10.7 Å². The molecule has 92 valence electrons. The van der Waals surface area contributed by atoms with Gasteiger partial charge in [-0.25, -0.2) is 10.4 Å². The molecule has 4 nitrogen and oxygen atoms in total. The Hall–Kier alpha value is -0.610. The minimum atomic E-state index is 0.150. The first-order chi connectivity index (χ1) is 7.84. The van der Waals surface area contributed by atoms with Crippen LogP contribution in [-0.4, -0.2) is 36.6 Å². The largest absolute Gasteiger partial charge is 0.352 e. The summed E-state index contributed by atoms with van der Waals surface area (Å²) < 4.78 is 0. The monoisotopic (exact) mass is 225 g/mol. The van der Waals surface area contributed by atoms with Gasteiger partial charge in [0.25, 0.3) is 0 Å². The molecule has 1 saturated heterocycles. The molecule has 0 bridgehead atoms. The first-order valence-corrected chi connectivity index (χ1v) is 6.62. The Labute approximate surface area is 97.7 Å². The van der Waals surface area contributed by atoms with Gasteiger partial charge in [-0.15, -0.1) is 0 Å². The number of amides is 1. The average molecular weight is 225 g/mol. The Kier molecular flexibility index (Phi) is 4.60. The van der Waals surface area contributed by atoms with E-state index >= 15 is 0 Å². The summed E-state index contributed by atoms with van der Waals surface area (Å²) in [4.78, 5) is 11.6. The van der Waals surface area contributed by atoms with Gasteiger partial charge in [-0.1, -0.05) is 19.3 Å². The smallest absolute Gasteiger partial charge is 0.235 e. The molecule has 1 heterocycles. The van der Waals surface area contributed by atoms with Crippen LogP contribution in [0.25, 0.3) is 0 Å². The van der Waals surface area contributed by atoms with E-state index in [0.717, 1.165) is 25.9 Å². The average Bonchev–Trinajstić information content (AvgIpc) is 2.81. The van der Waals surface area contributed by atoms with E-state index in [-0.39, 0.29) is 5.91 Å². The maximum Gasteiger partial charge on any atom is 0.235 e. The van der Waals surface area contributed by atoms with Gasteiger partial charge >= 0.3 is 0 Å². The van der Waals surface area contributed by atoms with Crippen molar-refractivity contribution in [3.8, 4) is 0 Å². The molecule has 1 saturated carbocycles. The zero-order chi connectivity index (χ0) is 11.2. The van der Waals surface area contributed by atoms with Crippen LogP contribution in [0.5, 0.6) is 0 Å². The van der Waals surface area contributed by atoms with E-state index in [9.17, 15) is 4.79 Å². The SMILES string of the molecule is O=C(CNN1CCCCC1)NC1CCCC1. The molecule has 2 fully saturated rings. The summed E-state index contributed by atoms with van der Waals surface area (Å²) in [7, 11) is 0. The molecule has 0 atom stereocenters. The van der Waals surface area contributed by atoms with E-state index in [1.807, 2.05) is 0 Å². The Morgan fingerprint density at radius 3 is 2.44 bits per heavy atom. The maximum atomic E-state index is 11.6. The third kappa shape index (κ3) is 3.76. The van der Waals surface area contributed by atoms with Gasteiger partial charge in [-0.3, -0.25) is 4.79 Å². The number of carbonyl (C=O) groups excluding carboxylic acids is 1. The summed E-state index contributed by atoms with van der Waals surface area (Å²) in [6.45, 7) is 2.60. The molecule has 2 N–H and O–H groups in total. The summed E-state index contributed by atoms with van der Waals surface area (Å²) in [6, 6.07) is 0.440. The summed E-state index contributed by atoms with van der Waals surface area (Å²) in [5.41, 5.74) is 3.22. The van der Waals surface area contributed by atoms with Gasteiger partial charge < -0.3 is 5.32 Å². The summed E-state index contributed by atoms with van der Waals surface area (Å²) in [6.07, 6.45) is 8.68. The lowest BCUT2D eigenvalue weighted by molar-refractivity contribution is -0.121. The minimum absolute atomic E-state index is 0.150. The van der Waals surface area contributed by atoms with Crippen molar-refractivity contribution in [2.45, 2.75) is 51.0 Å². The lowest BCUT2D eigenvalue weighted by Gasteiger charge is -2.27. The highest BCUT2D eigenvalue weighted by Gasteiger charge is 2.17. The molecule has 1 aliphatic heterocycles. The van der Waals surface area contributed by atoms with Crippen LogP contribution >= 0.6 is 0 Å². The lowest BCUT2D eigenvalue weighted by atomic mass is 10.2. The molecule has 1 amide bonds. The van der Waals surface area contributed by atoms with Crippen molar-refractivity contribution in [3.63, 3.8) is 0 Å². The number of piperidine rings is 1. The standard InChI is InChI=1S/C12H23N3O/c16-12(14-11-6-2-3-7-11)10-13-15-8-4-1-5-9-15/h11,13H,1-10H2,(H,14,16). The lowest BCUT2D eigenvalue weighted by Crippen LogP contribution is -2.47. The first kappa shape index (κ1) is 11.9. The van der Waals surface area contributed by atoms with Crippen LogP contribution in [0.1, 0.15) is 44.9 Å². The normalized spacial score (nSPS) is 23.5. The topological polar surface area (TPSA) is 44.4 Å². The number of nitrogens with one attached hydrogen (secondary N) is 2. The molecule has 2 rings (SSSR count). The van der Waals surface area contributed by atoms with Crippen molar-refractivity contribution in [1.29, 1.82) is 0 Å². The van der Waals surface area contributed by atoms with Crippen molar-refractivity contribution in [1.82, 2.24) is 15.8 Å². The number of hydrazine groups is 1. The molecule has 0 unspecified atom stereocenters. The highest BCUT2D eigenvalue weighted by Crippen LogP contribution is 2.17. The molecular weight excluding hydrogens is 202 g/mol. The number of hydrogen-bond acceptors (Lipinski definition) is 3. The van der Waals surface area contributed by atoms with Gasteiger partial charge in [0.2, 0.25) is 5.91 Å². The highest BCUT2D eigenvalue weighted by molar-refractivity contribution is 5.78. The van der Waals surface area contributed by atoms with E-state index in [1.165, 1.54) is 32.1 Å². The molecule has 0 spiro atoms. The van der Waals surface area contributed by atoms with Crippen molar-refractivity contribution < 1.29 is 4.79 Å². The van der Waals surface area contributed by atoms with Gasteiger partial charge in [0.1, 0.15) is 0 Å². The fourth-order valence-corrected chi connectivity index (χ4v) is 2.58. The quantitative estimate of drug-likeness (QED) is 0.751. The van der Waals surface area contributed by atoms with Crippen molar-refractivity contribution >= 4 is 5.91 Å². The van der Waals surface area contributed by atoms with Gasteiger partial charge in [0.05, 0.1) is 6.54 Å². The van der Waals surface area contributed by atoms with E-state index < -0.39 is 0 Å². The fourth-order valence-electron chi connectivity index (χ4n) is 2.58. The first-order valence-electron chi connectivity index (χ1n) is 6.62. The Balaban J connectivity index is 1.59. The van der Waals surface area contributed by atoms with E-state index in [2.05, 4.69) is 15.8 Å². The molecule has 0 aromatic heterocycles. The second-order valence-corrected chi connectivity index (χ2v) is 4.93. The van der Waals surface area contributed by atoms with Crippen LogP contribution in [-0.2, 0) is 4.79 Å². The zero-order valence-electron chi connectivity index (χ0n) is 10.0. The van der Waals surface area contributed by atoms with Gasteiger partial charge in [0, 0.05) is 19.1 Å². The molecule has 0 radical (unpaired) electrons. The zero-order valence-corrected chi connectivity index (χ0v) is 10.0. The molecule has 2 aliphatic rings. The Morgan fingerprint density at radius 2 is 1.75 bits per heavy atom. The third-order valence-corrected chi connectivity index (χ3v) is 3.54. The predicted molar refractivity (Wildman–Crippen MR) is 63.8 cm³/mol. The maximum absolute atomic E-state index is 11.6. The summed E-state index contributed by atoms with van der Waals surface area (Å²) >= 11 is 0. The summed E-state index contributed by atoms with van der Waals surface area (Å²) in [5, 5.41) is 5.27. The van der Waals surface area contributed by atoms with Crippen LogP contribution in [0.3, 0.4) is 0 Å². The minimum Gasteiger partial charge on any atom is -0.352 e. The Morgan fingerprint density at radius 1 is 1.06 bits per heavy atom. The number of carbonyl (C=O) groups is 1. The Bertz CT molecular complexity index is 220. The van der Waals surface area contributed by atoms with Crippen molar-refractivity contribution in [3.05, 3.63) is 0 Å². The van der Waals surface area contributed by atoms with E-state index in [1.54, 1.807) is 0 Å². The molecule has 4 heteroatoms. The van der Waals surface area contributed by atoms with Crippen molar-refractivity contribution in [2.75, 3.05) is 19.6 Å². The molecule has 0 aromatic rings. The van der Waals surface area contributed by atoms with E-state index in [0.29, 0.717) is 12.6 Å². The van der Waals surface area contributed by atoms with Crippen LogP contribution in [0.15, 0.2) is 0 Å². The van der Waals surface area contributed by atoms with Crippen LogP contribution in [0, 0.1) is 0 Å². The van der Waals surface area contributed by atoms with Crippen molar-refractivity contribution in [2.24, 2.45) is 0 Å². The third-order valence-electron chi connectivity index (χ3n) is 3.54. The summed E-state index contributed by atoms with van der Waals surface area (Å²) in [5.74, 6) is 0.150. The van der Waals surface area contributed by atoms with E-state index in [4.69, 9.17) is 0 Å². The van der Waals surface area contributed by atoms with Crippen LogP contribution in [0.2, 0.25) is 0 Å². The van der Waals surface area contributed by atoms with Gasteiger partial charge in [-0.2, -0.15) is 0 Å². The molecule has 1 aliphatic carbocycles. The number of nitrogens with zero attached hydrogens (tertiary/aromatic N) is 1. The predicted octanol–water partition coefficient (Wildman–Crippen LogP) is 1.04. The van der Waals surface area contributed by atoms with Gasteiger partial charge in [-0.05, 0) is 25.7 Å². The number of hydrogen-bond donors (Lipinski definition) is 2. The molecular formula is C12H23N3O. The highest BCUT2D eigenvalue weighted by atomic mass is 16.2. The van der Waals surface area contributed by atoms with Crippen LogP contribution in [0.4, 0.5) is 0 Å².